The maximum Gasteiger partial charge on any atom is 0.0785 e. The Balaban J connectivity index is 2.19. The number of quaternary nitrogens is 1. The highest BCUT2D eigenvalue weighted by molar-refractivity contribution is 6.30. The Morgan fingerprint density at radius 2 is 1.81 bits per heavy atom. The van der Waals surface area contributed by atoms with Crippen LogP contribution in [0, 0.1) is 11.3 Å². The van der Waals surface area contributed by atoms with E-state index < -0.39 is 0 Å². The summed E-state index contributed by atoms with van der Waals surface area (Å²) >= 11 is 6.25. The Bertz CT molecular complexity index is 736. The van der Waals surface area contributed by atoms with E-state index in [1.807, 2.05) is 36.4 Å². The Labute approximate surface area is 163 Å². The molecule has 0 aromatic heterocycles. The van der Waals surface area contributed by atoms with Crippen LogP contribution in [0.15, 0.2) is 48.5 Å². The van der Waals surface area contributed by atoms with E-state index in [1.165, 1.54) is 13.0 Å². The standard InChI is InChI=1S/C23H30ClN2/c1-4-15-26(3,5-2)16-9-12-20(18-25)22-14-13-21(24)17-23(22)19-10-7-6-8-11-19/h6-8,10-11,13-14,17,20H,4-5,9,12,15-16H2,1-3H3/q+1. The highest BCUT2D eigenvalue weighted by Gasteiger charge is 2.21. The molecule has 26 heavy (non-hydrogen) atoms. The quantitative estimate of drug-likeness (QED) is 0.478. The van der Waals surface area contributed by atoms with Crippen molar-refractivity contribution in [3.8, 4) is 17.2 Å². The minimum atomic E-state index is -0.102. The molecule has 3 heteroatoms. The second-order valence-electron chi connectivity index (χ2n) is 7.30. The zero-order valence-corrected chi connectivity index (χ0v) is 17.0. The van der Waals surface area contributed by atoms with E-state index >= 15 is 0 Å². The van der Waals surface area contributed by atoms with Crippen LogP contribution in [-0.4, -0.2) is 31.2 Å². The molecule has 2 atom stereocenters. The number of nitrogens with zero attached hydrogens (tertiary/aromatic N) is 2. The zero-order chi connectivity index (χ0) is 19.0. The van der Waals surface area contributed by atoms with E-state index in [9.17, 15) is 5.26 Å². The lowest BCUT2D eigenvalue weighted by atomic mass is 9.88. The molecule has 2 nitrogen and oxygen atoms in total. The van der Waals surface area contributed by atoms with Gasteiger partial charge in [0.25, 0.3) is 0 Å². The molecule has 0 bridgehead atoms. The van der Waals surface area contributed by atoms with Crippen molar-refractivity contribution in [2.24, 2.45) is 0 Å². The average molecular weight is 370 g/mol. The fourth-order valence-corrected chi connectivity index (χ4v) is 3.81. The molecule has 0 amide bonds. The molecule has 0 radical (unpaired) electrons. The molecule has 0 saturated carbocycles. The first kappa shape index (κ1) is 20.5. The van der Waals surface area contributed by atoms with Gasteiger partial charge in [-0.15, -0.1) is 0 Å². The molecule has 0 spiro atoms. The predicted octanol–water partition coefficient (Wildman–Crippen LogP) is 6.27. The monoisotopic (exact) mass is 369 g/mol. The molecule has 0 heterocycles. The third kappa shape index (κ3) is 5.34. The molecule has 0 N–H and O–H groups in total. The third-order valence-electron chi connectivity index (χ3n) is 5.35. The Kier molecular flexibility index (Phi) is 7.69. The van der Waals surface area contributed by atoms with E-state index in [-0.39, 0.29) is 5.92 Å². The molecule has 2 unspecified atom stereocenters. The number of hydrogen-bond donors (Lipinski definition) is 0. The van der Waals surface area contributed by atoms with Crippen molar-refractivity contribution in [3.05, 3.63) is 59.1 Å². The van der Waals surface area contributed by atoms with Gasteiger partial charge in [0.15, 0.2) is 0 Å². The van der Waals surface area contributed by atoms with Crippen LogP contribution in [0.3, 0.4) is 0 Å². The molecule has 2 aromatic rings. The first-order valence-electron chi connectivity index (χ1n) is 9.61. The van der Waals surface area contributed by atoms with Crippen LogP contribution in [-0.2, 0) is 0 Å². The molecule has 0 aliphatic heterocycles. The Hall–Kier alpha value is -1.82. The largest absolute Gasteiger partial charge is 0.326 e. The SMILES string of the molecule is CCC[N+](C)(CC)CCCC(C#N)c1ccc(Cl)cc1-c1ccccc1. The number of benzene rings is 2. The van der Waals surface area contributed by atoms with E-state index in [2.05, 4.69) is 39.1 Å². The summed E-state index contributed by atoms with van der Waals surface area (Å²) in [7, 11) is 2.32. The summed E-state index contributed by atoms with van der Waals surface area (Å²) in [5.74, 6) is -0.102. The normalized spacial score (nSPS) is 14.4. The topological polar surface area (TPSA) is 23.8 Å². The lowest BCUT2D eigenvalue weighted by Gasteiger charge is -2.33. The summed E-state index contributed by atoms with van der Waals surface area (Å²) in [4.78, 5) is 0. The molecule has 2 aromatic carbocycles. The van der Waals surface area contributed by atoms with Crippen LogP contribution in [0.5, 0.6) is 0 Å². The molecular formula is C23H30ClN2+. The van der Waals surface area contributed by atoms with Crippen LogP contribution < -0.4 is 0 Å². The van der Waals surface area contributed by atoms with Gasteiger partial charge in [0.2, 0.25) is 0 Å². The molecule has 0 saturated heterocycles. The molecule has 2 rings (SSSR count). The van der Waals surface area contributed by atoms with Crippen molar-refractivity contribution in [2.45, 2.75) is 39.0 Å². The van der Waals surface area contributed by atoms with Crippen LogP contribution in [0.4, 0.5) is 0 Å². The first-order valence-corrected chi connectivity index (χ1v) is 9.98. The minimum Gasteiger partial charge on any atom is -0.326 e. The van der Waals surface area contributed by atoms with Gasteiger partial charge >= 0.3 is 0 Å². The number of halogens is 1. The highest BCUT2D eigenvalue weighted by Crippen LogP contribution is 2.34. The van der Waals surface area contributed by atoms with E-state index in [0.29, 0.717) is 5.02 Å². The smallest absolute Gasteiger partial charge is 0.0785 e. The first-order chi connectivity index (χ1) is 12.5. The summed E-state index contributed by atoms with van der Waals surface area (Å²) < 4.78 is 1.08. The van der Waals surface area contributed by atoms with Gasteiger partial charge in [-0.05, 0) is 55.0 Å². The lowest BCUT2D eigenvalue weighted by Crippen LogP contribution is -2.45. The van der Waals surface area contributed by atoms with Crippen molar-refractivity contribution < 1.29 is 4.48 Å². The van der Waals surface area contributed by atoms with Crippen molar-refractivity contribution in [1.29, 1.82) is 5.26 Å². The van der Waals surface area contributed by atoms with Gasteiger partial charge in [-0.1, -0.05) is 54.9 Å². The Morgan fingerprint density at radius 3 is 2.42 bits per heavy atom. The van der Waals surface area contributed by atoms with Gasteiger partial charge < -0.3 is 4.48 Å². The van der Waals surface area contributed by atoms with E-state index in [4.69, 9.17) is 11.6 Å². The van der Waals surface area contributed by atoms with Gasteiger partial charge in [0.05, 0.1) is 38.7 Å². The third-order valence-corrected chi connectivity index (χ3v) is 5.58. The van der Waals surface area contributed by atoms with Gasteiger partial charge in [-0.3, -0.25) is 0 Å². The fraction of sp³-hybridized carbons (Fsp3) is 0.435. The average Bonchev–Trinajstić information content (AvgIpc) is 2.66. The van der Waals surface area contributed by atoms with Gasteiger partial charge in [0, 0.05) is 5.02 Å². The van der Waals surface area contributed by atoms with Crippen molar-refractivity contribution in [2.75, 3.05) is 26.7 Å². The minimum absolute atomic E-state index is 0.102. The summed E-state index contributed by atoms with van der Waals surface area (Å²) in [6.45, 7) is 7.95. The lowest BCUT2D eigenvalue weighted by molar-refractivity contribution is -0.908. The van der Waals surface area contributed by atoms with Crippen molar-refractivity contribution in [3.63, 3.8) is 0 Å². The maximum atomic E-state index is 9.82. The Morgan fingerprint density at radius 1 is 1.08 bits per heavy atom. The number of rotatable bonds is 9. The van der Waals surface area contributed by atoms with Crippen LogP contribution in [0.2, 0.25) is 5.02 Å². The summed E-state index contributed by atoms with van der Waals surface area (Å²) in [5.41, 5.74) is 3.28. The number of hydrogen-bond acceptors (Lipinski definition) is 1. The van der Waals surface area contributed by atoms with Crippen molar-refractivity contribution in [1.82, 2.24) is 0 Å². The van der Waals surface area contributed by atoms with Gasteiger partial charge in [0.1, 0.15) is 0 Å². The second-order valence-corrected chi connectivity index (χ2v) is 7.74. The summed E-state index contributed by atoms with van der Waals surface area (Å²) in [5, 5.41) is 10.5. The van der Waals surface area contributed by atoms with Crippen LogP contribution in [0.25, 0.3) is 11.1 Å². The van der Waals surface area contributed by atoms with Crippen LogP contribution in [0.1, 0.15) is 44.6 Å². The zero-order valence-electron chi connectivity index (χ0n) is 16.2. The fourth-order valence-electron chi connectivity index (χ4n) is 3.63. The highest BCUT2D eigenvalue weighted by atomic mass is 35.5. The van der Waals surface area contributed by atoms with Gasteiger partial charge in [-0.2, -0.15) is 5.26 Å². The molecule has 0 aliphatic rings. The van der Waals surface area contributed by atoms with Crippen LogP contribution >= 0.6 is 11.6 Å². The molecule has 0 aliphatic carbocycles. The molecule has 0 fully saturated rings. The van der Waals surface area contributed by atoms with Gasteiger partial charge in [-0.25, -0.2) is 0 Å². The predicted molar refractivity (Wildman–Crippen MR) is 111 cm³/mol. The molecule has 138 valence electrons. The summed E-state index contributed by atoms with van der Waals surface area (Å²) in [6, 6.07) is 18.7. The maximum absolute atomic E-state index is 9.82. The van der Waals surface area contributed by atoms with Crippen molar-refractivity contribution >= 4 is 11.6 Å². The summed E-state index contributed by atoms with van der Waals surface area (Å²) in [6.07, 6.45) is 3.14. The number of nitriles is 1. The second kappa shape index (κ2) is 9.76. The van der Waals surface area contributed by atoms with E-state index in [0.717, 1.165) is 47.1 Å². The van der Waals surface area contributed by atoms with E-state index in [1.54, 1.807) is 0 Å². The molecular weight excluding hydrogens is 340 g/mol.